The molecule has 1 atom stereocenters. The van der Waals surface area contributed by atoms with Crippen molar-refractivity contribution in [3.63, 3.8) is 0 Å². The minimum atomic E-state index is -3.76. The van der Waals surface area contributed by atoms with Crippen LogP contribution < -0.4 is 14.8 Å². The molecule has 1 amide bonds. The fourth-order valence-electron chi connectivity index (χ4n) is 3.22. The van der Waals surface area contributed by atoms with E-state index in [1.165, 1.54) is 42.3 Å². The average Bonchev–Trinajstić information content (AvgIpc) is 3.45. The van der Waals surface area contributed by atoms with Crippen LogP contribution in [-0.2, 0) is 19.6 Å². The summed E-state index contributed by atoms with van der Waals surface area (Å²) in [7, 11) is -2.27. The van der Waals surface area contributed by atoms with Crippen molar-refractivity contribution in [1.29, 1.82) is 0 Å². The second-order valence-electron chi connectivity index (χ2n) is 7.17. The Balaban J connectivity index is 1.38. The maximum Gasteiger partial charge on any atom is 0.262 e. The maximum atomic E-state index is 12.7. The van der Waals surface area contributed by atoms with Gasteiger partial charge in [0.05, 0.1) is 39.8 Å². The van der Waals surface area contributed by atoms with Crippen molar-refractivity contribution in [3.05, 3.63) is 42.5 Å². The van der Waals surface area contributed by atoms with Crippen molar-refractivity contribution < 1.29 is 22.7 Å². The fourth-order valence-corrected chi connectivity index (χ4v) is 6.24. The fraction of sp³-hybridized carbons (Fsp3) is 0.333. The molecule has 0 saturated carbocycles. The summed E-state index contributed by atoms with van der Waals surface area (Å²) in [5.41, 5.74) is 1.19. The Bertz CT molecular complexity index is 1210. The number of thioether (sulfide) groups is 1. The molecule has 3 aromatic rings. The number of amides is 1. The minimum absolute atomic E-state index is 0.0588. The summed E-state index contributed by atoms with van der Waals surface area (Å²) < 4.78 is 40.2. The molecule has 0 bridgehead atoms. The quantitative estimate of drug-likeness (QED) is 0.440. The molecule has 1 saturated heterocycles. The Morgan fingerprint density at radius 3 is 2.97 bits per heavy atom. The molecule has 2 aromatic carbocycles. The summed E-state index contributed by atoms with van der Waals surface area (Å²) in [6, 6.07) is 11.5. The molecule has 1 fully saturated rings. The zero-order chi connectivity index (χ0) is 22.6. The highest BCUT2D eigenvalue weighted by atomic mass is 32.2. The van der Waals surface area contributed by atoms with Gasteiger partial charge in [0.15, 0.2) is 4.34 Å². The summed E-state index contributed by atoms with van der Waals surface area (Å²) >= 11 is 2.78. The number of hydrogen-bond acceptors (Lipinski definition) is 8. The third kappa shape index (κ3) is 5.71. The van der Waals surface area contributed by atoms with E-state index in [-0.39, 0.29) is 22.7 Å². The molecule has 2 N–H and O–H groups in total. The van der Waals surface area contributed by atoms with E-state index < -0.39 is 10.0 Å². The number of sulfonamides is 1. The van der Waals surface area contributed by atoms with Crippen molar-refractivity contribution in [2.75, 3.05) is 30.7 Å². The van der Waals surface area contributed by atoms with Crippen molar-refractivity contribution in [3.8, 4) is 5.75 Å². The summed E-state index contributed by atoms with van der Waals surface area (Å²) in [4.78, 5) is 16.7. The van der Waals surface area contributed by atoms with E-state index in [9.17, 15) is 13.2 Å². The molecule has 32 heavy (non-hydrogen) atoms. The largest absolute Gasteiger partial charge is 0.497 e. The summed E-state index contributed by atoms with van der Waals surface area (Å²) in [5, 5.41) is 2.89. The highest BCUT2D eigenvalue weighted by molar-refractivity contribution is 8.01. The number of fused-ring (bicyclic) bond motifs is 1. The molecule has 1 aliphatic heterocycles. The number of carbonyl (C=O) groups is 1. The van der Waals surface area contributed by atoms with Crippen LogP contribution >= 0.6 is 23.1 Å². The number of thiazole rings is 1. The first-order chi connectivity index (χ1) is 15.4. The number of carbonyl (C=O) groups excluding carboxylic acids is 1. The summed E-state index contributed by atoms with van der Waals surface area (Å²) in [5.74, 6) is 0.672. The lowest BCUT2D eigenvalue weighted by atomic mass is 10.2. The predicted octanol–water partition coefficient (Wildman–Crippen LogP) is 3.49. The molecular weight excluding hydrogens is 470 g/mol. The van der Waals surface area contributed by atoms with E-state index in [1.54, 1.807) is 30.3 Å². The molecule has 0 unspecified atom stereocenters. The van der Waals surface area contributed by atoms with Crippen molar-refractivity contribution in [2.24, 2.45) is 0 Å². The van der Waals surface area contributed by atoms with Crippen LogP contribution in [0.3, 0.4) is 0 Å². The van der Waals surface area contributed by atoms with Crippen LogP contribution in [0.25, 0.3) is 10.2 Å². The molecule has 1 aromatic heterocycles. The van der Waals surface area contributed by atoms with Gasteiger partial charge in [-0.2, -0.15) is 0 Å². The van der Waals surface area contributed by atoms with Gasteiger partial charge in [-0.15, -0.1) is 11.3 Å². The van der Waals surface area contributed by atoms with E-state index in [1.807, 2.05) is 0 Å². The number of methoxy groups -OCH3 is 1. The molecule has 0 radical (unpaired) electrons. The van der Waals surface area contributed by atoms with Gasteiger partial charge in [-0.05, 0) is 43.2 Å². The Hall–Kier alpha value is -2.34. The minimum Gasteiger partial charge on any atom is -0.497 e. The van der Waals surface area contributed by atoms with Gasteiger partial charge in [0.25, 0.3) is 10.0 Å². The first kappa shape index (κ1) is 22.8. The molecule has 11 heteroatoms. The van der Waals surface area contributed by atoms with Gasteiger partial charge in [0.2, 0.25) is 5.91 Å². The first-order valence-corrected chi connectivity index (χ1v) is 13.3. The first-order valence-electron chi connectivity index (χ1n) is 10.0. The Morgan fingerprint density at radius 2 is 2.19 bits per heavy atom. The molecular formula is C21H23N3O5S3. The van der Waals surface area contributed by atoms with Gasteiger partial charge >= 0.3 is 0 Å². The van der Waals surface area contributed by atoms with Gasteiger partial charge in [-0.3, -0.25) is 9.52 Å². The lowest BCUT2D eigenvalue weighted by Crippen LogP contribution is -2.32. The second-order valence-corrected chi connectivity index (χ2v) is 11.1. The SMILES string of the molecule is COc1cccc(S(=O)(=O)Nc2ccc3nc(SCC(=O)NC[C@@H]4CCCO4)sc3c2)c1. The Kier molecular flexibility index (Phi) is 7.19. The van der Waals surface area contributed by atoms with E-state index in [0.29, 0.717) is 18.0 Å². The molecule has 4 rings (SSSR count). The van der Waals surface area contributed by atoms with E-state index in [0.717, 1.165) is 34.0 Å². The van der Waals surface area contributed by atoms with E-state index in [2.05, 4.69) is 15.0 Å². The Morgan fingerprint density at radius 1 is 1.31 bits per heavy atom. The molecule has 8 nitrogen and oxygen atoms in total. The van der Waals surface area contributed by atoms with Gasteiger partial charge in [0, 0.05) is 19.2 Å². The molecule has 1 aliphatic rings. The van der Waals surface area contributed by atoms with Crippen molar-refractivity contribution in [1.82, 2.24) is 10.3 Å². The monoisotopic (exact) mass is 493 g/mol. The van der Waals surface area contributed by atoms with Crippen molar-refractivity contribution >= 4 is 54.9 Å². The van der Waals surface area contributed by atoms with Crippen molar-refractivity contribution in [2.45, 2.75) is 28.2 Å². The standard InChI is InChI=1S/C21H23N3O5S3/c1-28-15-4-2-6-17(11-15)32(26,27)24-14-7-8-18-19(10-14)31-21(23-18)30-13-20(25)22-12-16-5-3-9-29-16/h2,4,6-8,10-11,16,24H,3,5,9,12-13H2,1H3,(H,22,25)/t16-/m0/s1. The summed E-state index contributed by atoms with van der Waals surface area (Å²) in [6.45, 7) is 1.30. The van der Waals surface area contributed by atoms with Crippen LogP contribution in [0.2, 0.25) is 0 Å². The Labute approximate surface area is 194 Å². The lowest BCUT2D eigenvalue weighted by molar-refractivity contribution is -0.119. The number of hydrogen-bond donors (Lipinski definition) is 2. The van der Waals surface area contributed by atoms with E-state index >= 15 is 0 Å². The number of anilines is 1. The molecule has 0 spiro atoms. The van der Waals surface area contributed by atoms with Crippen LogP contribution in [0.5, 0.6) is 5.75 Å². The summed E-state index contributed by atoms with van der Waals surface area (Å²) in [6.07, 6.45) is 2.14. The van der Waals surface area contributed by atoms with Gasteiger partial charge in [0.1, 0.15) is 5.75 Å². The maximum absolute atomic E-state index is 12.7. The number of rotatable bonds is 9. The topological polar surface area (TPSA) is 107 Å². The molecule has 170 valence electrons. The zero-order valence-electron chi connectivity index (χ0n) is 17.4. The number of benzene rings is 2. The third-order valence-corrected chi connectivity index (χ3v) is 8.39. The van der Waals surface area contributed by atoms with Crippen LogP contribution in [0.4, 0.5) is 5.69 Å². The van der Waals surface area contributed by atoms with Gasteiger partial charge in [-0.1, -0.05) is 17.8 Å². The van der Waals surface area contributed by atoms with Crippen LogP contribution in [-0.4, -0.2) is 51.4 Å². The van der Waals surface area contributed by atoms with Gasteiger partial charge in [-0.25, -0.2) is 13.4 Å². The van der Waals surface area contributed by atoms with Crippen LogP contribution in [0.15, 0.2) is 51.7 Å². The van der Waals surface area contributed by atoms with E-state index in [4.69, 9.17) is 9.47 Å². The number of aromatic nitrogens is 1. The lowest BCUT2D eigenvalue weighted by Gasteiger charge is -2.09. The number of nitrogens with zero attached hydrogens (tertiary/aromatic N) is 1. The van der Waals surface area contributed by atoms with Crippen LogP contribution in [0, 0.1) is 0 Å². The highest BCUT2D eigenvalue weighted by Crippen LogP contribution is 2.32. The number of nitrogens with one attached hydrogen (secondary N) is 2. The highest BCUT2D eigenvalue weighted by Gasteiger charge is 2.18. The van der Waals surface area contributed by atoms with Gasteiger partial charge < -0.3 is 14.8 Å². The molecule has 2 heterocycles. The molecule has 0 aliphatic carbocycles. The average molecular weight is 494 g/mol. The predicted molar refractivity (Wildman–Crippen MR) is 126 cm³/mol. The second kappa shape index (κ2) is 10.1. The zero-order valence-corrected chi connectivity index (χ0v) is 19.8. The normalized spacial score (nSPS) is 16.2. The smallest absolute Gasteiger partial charge is 0.262 e. The third-order valence-electron chi connectivity index (χ3n) is 4.85. The number of ether oxygens (including phenoxy) is 2. The van der Waals surface area contributed by atoms with Crippen LogP contribution in [0.1, 0.15) is 12.8 Å².